The summed E-state index contributed by atoms with van der Waals surface area (Å²) < 4.78 is 29.3. The number of rotatable bonds is 10. The van der Waals surface area contributed by atoms with Gasteiger partial charge in [0.1, 0.15) is 6.54 Å². The number of piperidine rings is 1. The number of carbonyl (C=O) groups excluding carboxylic acids is 2. The minimum atomic E-state index is -3.75. The molecule has 0 bridgehead atoms. The van der Waals surface area contributed by atoms with Crippen LogP contribution >= 0.6 is 22.7 Å². The number of nitrogens with one attached hydrogen (secondary N) is 1. The quantitative estimate of drug-likeness (QED) is 0.155. The molecule has 10 nitrogen and oxygen atoms in total. The predicted molar refractivity (Wildman–Crippen MR) is 212 cm³/mol. The van der Waals surface area contributed by atoms with Crippen LogP contribution in [0.1, 0.15) is 90.6 Å². The first-order valence-corrected chi connectivity index (χ1v) is 22.0. The summed E-state index contributed by atoms with van der Waals surface area (Å²) in [6.07, 6.45) is 8.35. The van der Waals surface area contributed by atoms with Crippen molar-refractivity contribution in [3.8, 4) is 21.8 Å². The lowest BCUT2D eigenvalue weighted by Gasteiger charge is -2.37. The van der Waals surface area contributed by atoms with E-state index in [4.69, 9.17) is 4.98 Å². The summed E-state index contributed by atoms with van der Waals surface area (Å²) in [5.41, 5.74) is 6.75. The number of hydrogen-bond acceptors (Lipinski definition) is 9. The largest absolute Gasteiger partial charge is 0.341 e. The summed E-state index contributed by atoms with van der Waals surface area (Å²) in [5.74, 6) is -0.331. The van der Waals surface area contributed by atoms with Gasteiger partial charge in [-0.1, -0.05) is 45.2 Å². The molecule has 1 aliphatic heterocycles. The van der Waals surface area contributed by atoms with Gasteiger partial charge in [0.15, 0.2) is 0 Å². The minimum absolute atomic E-state index is 0.0574. The number of likely N-dealkylation sites (tertiary alicyclic amines) is 1. The van der Waals surface area contributed by atoms with Crippen molar-refractivity contribution in [1.29, 1.82) is 0 Å². The fourth-order valence-corrected chi connectivity index (χ4v) is 10.9. The molecule has 5 heterocycles. The highest BCUT2D eigenvalue weighted by Gasteiger charge is 2.32. The third kappa shape index (κ3) is 7.42. The van der Waals surface area contributed by atoms with E-state index in [1.807, 2.05) is 18.7 Å². The molecule has 276 valence electrons. The highest BCUT2D eigenvalue weighted by atomic mass is 32.2. The van der Waals surface area contributed by atoms with Gasteiger partial charge in [-0.3, -0.25) is 9.59 Å². The van der Waals surface area contributed by atoms with Crippen molar-refractivity contribution >= 4 is 65.6 Å². The molecule has 1 N–H and O–H groups in total. The van der Waals surface area contributed by atoms with Crippen molar-refractivity contribution in [2.75, 3.05) is 32.4 Å². The van der Waals surface area contributed by atoms with E-state index < -0.39 is 15.9 Å². The van der Waals surface area contributed by atoms with E-state index in [9.17, 15) is 18.0 Å². The SMILES string of the molecule is CCN(CC)C1CCN(C(=O)Cn2c(-c3ccc4nc(-c5sc(C)nc5C)ccc4c3)c(C3CCCCC3)c3sc(C(=O)NS(C)(=O)=O)cc32)CC1. The van der Waals surface area contributed by atoms with Crippen LogP contribution < -0.4 is 4.72 Å². The fourth-order valence-electron chi connectivity index (χ4n) is 8.35. The summed E-state index contributed by atoms with van der Waals surface area (Å²) in [7, 11) is -3.75. The molecular weight excluding hydrogens is 713 g/mol. The molecular formula is C39H48N6O4S3. The Kier molecular flexibility index (Phi) is 10.6. The molecule has 0 unspecified atom stereocenters. The molecule has 52 heavy (non-hydrogen) atoms. The topological polar surface area (TPSA) is 118 Å². The zero-order valence-electron chi connectivity index (χ0n) is 30.7. The number of fused-ring (bicyclic) bond motifs is 2. The molecule has 2 aliphatic rings. The second-order valence-electron chi connectivity index (χ2n) is 14.3. The van der Waals surface area contributed by atoms with Gasteiger partial charge in [0, 0.05) is 24.5 Å². The number of benzene rings is 1. The first-order chi connectivity index (χ1) is 24.9. The number of carbonyl (C=O) groups is 2. The van der Waals surface area contributed by atoms with Crippen LogP contribution in [-0.4, -0.2) is 83.0 Å². The van der Waals surface area contributed by atoms with Crippen LogP contribution in [0.25, 0.3) is 42.9 Å². The van der Waals surface area contributed by atoms with Crippen molar-refractivity contribution in [1.82, 2.24) is 29.1 Å². The van der Waals surface area contributed by atoms with E-state index in [1.54, 1.807) is 17.4 Å². The number of aromatic nitrogens is 3. The van der Waals surface area contributed by atoms with Gasteiger partial charge in [0.05, 0.1) is 53.8 Å². The molecule has 1 aromatic carbocycles. The standard InChI is InChI=1S/C39H48N6O4S3/c1-6-43(7-2)29-17-19-44(20-18-29)34(46)23-45-32-22-33(39(47)42-52(5,48)49)51-38(32)35(26-11-9-8-10-12-26)36(45)28-14-15-30-27(21-28)13-16-31(41-30)37-24(3)40-25(4)50-37/h13-16,21-22,26,29H,6-12,17-20,23H2,1-5H3,(H,42,47). The van der Waals surface area contributed by atoms with E-state index in [0.29, 0.717) is 24.0 Å². The third-order valence-corrected chi connectivity index (χ3v) is 13.6. The highest BCUT2D eigenvalue weighted by Crippen LogP contribution is 2.47. The first-order valence-electron chi connectivity index (χ1n) is 18.5. The van der Waals surface area contributed by atoms with Crippen molar-refractivity contribution in [3.63, 3.8) is 0 Å². The van der Waals surface area contributed by atoms with Gasteiger partial charge in [0.2, 0.25) is 15.9 Å². The number of aryl methyl sites for hydroxylation is 2. The van der Waals surface area contributed by atoms with Crippen LogP contribution in [0.2, 0.25) is 0 Å². The van der Waals surface area contributed by atoms with E-state index >= 15 is 0 Å². The molecule has 1 saturated carbocycles. The smallest absolute Gasteiger partial charge is 0.274 e. The third-order valence-electron chi connectivity index (χ3n) is 10.8. The van der Waals surface area contributed by atoms with Gasteiger partial charge in [-0.15, -0.1) is 22.7 Å². The predicted octanol–water partition coefficient (Wildman–Crippen LogP) is 7.73. The van der Waals surface area contributed by atoms with E-state index in [-0.39, 0.29) is 18.4 Å². The zero-order valence-corrected chi connectivity index (χ0v) is 33.1. The number of nitrogens with zero attached hydrogens (tertiary/aromatic N) is 5. The van der Waals surface area contributed by atoms with Gasteiger partial charge in [0.25, 0.3) is 5.91 Å². The molecule has 0 spiro atoms. The normalized spacial score (nSPS) is 16.4. The Bertz CT molecular complexity index is 2240. The lowest BCUT2D eigenvalue weighted by atomic mass is 9.83. The Hall–Kier alpha value is -3.65. The molecule has 4 aromatic heterocycles. The number of sulfonamides is 1. The van der Waals surface area contributed by atoms with Crippen LogP contribution in [-0.2, 0) is 21.4 Å². The summed E-state index contributed by atoms with van der Waals surface area (Å²) in [4.78, 5) is 43.0. The molecule has 0 radical (unpaired) electrons. The highest BCUT2D eigenvalue weighted by molar-refractivity contribution is 7.89. The first kappa shape index (κ1) is 36.7. The average Bonchev–Trinajstić information content (AvgIpc) is 3.80. The maximum absolute atomic E-state index is 14.3. The Morgan fingerprint density at radius 1 is 0.942 bits per heavy atom. The van der Waals surface area contributed by atoms with Gasteiger partial charge in [-0.05, 0) is 93.9 Å². The van der Waals surface area contributed by atoms with Crippen molar-refractivity contribution in [2.24, 2.45) is 0 Å². The molecule has 13 heteroatoms. The summed E-state index contributed by atoms with van der Waals surface area (Å²) in [5, 5.41) is 2.02. The molecule has 2 fully saturated rings. The monoisotopic (exact) mass is 760 g/mol. The lowest BCUT2D eigenvalue weighted by Crippen LogP contribution is -2.47. The van der Waals surface area contributed by atoms with E-state index in [2.05, 4.69) is 63.4 Å². The molecule has 2 amide bonds. The second kappa shape index (κ2) is 15.0. The number of thiazole rings is 1. The van der Waals surface area contributed by atoms with Crippen molar-refractivity contribution < 1.29 is 18.0 Å². The van der Waals surface area contributed by atoms with Crippen LogP contribution in [0, 0.1) is 13.8 Å². The van der Waals surface area contributed by atoms with Crippen molar-refractivity contribution in [2.45, 2.75) is 91.1 Å². The van der Waals surface area contributed by atoms with E-state index in [1.165, 1.54) is 17.8 Å². The van der Waals surface area contributed by atoms with Gasteiger partial charge in [-0.2, -0.15) is 0 Å². The summed E-state index contributed by atoms with van der Waals surface area (Å²) in [6, 6.07) is 12.8. The molecule has 1 aliphatic carbocycles. The van der Waals surface area contributed by atoms with Crippen LogP contribution in [0.3, 0.4) is 0 Å². The zero-order chi connectivity index (χ0) is 36.7. The molecule has 7 rings (SSSR count). The summed E-state index contributed by atoms with van der Waals surface area (Å²) in [6.45, 7) is 12.0. The molecule has 1 saturated heterocycles. The Morgan fingerprint density at radius 3 is 2.33 bits per heavy atom. The lowest BCUT2D eigenvalue weighted by molar-refractivity contribution is -0.133. The molecule has 0 atom stereocenters. The van der Waals surface area contributed by atoms with Crippen LogP contribution in [0.4, 0.5) is 0 Å². The number of thiophene rings is 1. The van der Waals surface area contributed by atoms with Gasteiger partial charge in [-0.25, -0.2) is 23.1 Å². The Labute approximate surface area is 314 Å². The summed E-state index contributed by atoms with van der Waals surface area (Å²) >= 11 is 2.98. The Morgan fingerprint density at radius 2 is 1.67 bits per heavy atom. The van der Waals surface area contributed by atoms with Crippen LogP contribution in [0.5, 0.6) is 0 Å². The van der Waals surface area contributed by atoms with Gasteiger partial charge < -0.3 is 14.4 Å². The number of amides is 2. The van der Waals surface area contributed by atoms with Crippen molar-refractivity contribution in [3.05, 3.63) is 57.5 Å². The number of hydrogen-bond donors (Lipinski definition) is 1. The maximum atomic E-state index is 14.3. The Balaban J connectivity index is 1.33. The van der Waals surface area contributed by atoms with Crippen LogP contribution in [0.15, 0.2) is 36.4 Å². The fraction of sp³-hybridized carbons (Fsp3) is 0.487. The second-order valence-corrected chi connectivity index (χ2v) is 18.3. The molecule has 5 aromatic rings. The minimum Gasteiger partial charge on any atom is -0.341 e. The maximum Gasteiger partial charge on any atom is 0.274 e. The number of pyridine rings is 1. The average molecular weight is 761 g/mol. The van der Waals surface area contributed by atoms with E-state index in [0.717, 1.165) is 117 Å². The van der Waals surface area contributed by atoms with Gasteiger partial charge >= 0.3 is 0 Å².